The van der Waals surface area contributed by atoms with Gasteiger partial charge >= 0.3 is 0 Å². The Bertz CT molecular complexity index is 540. The monoisotopic (exact) mass is 263 g/mol. The Labute approximate surface area is 112 Å². The fourth-order valence-corrected chi connectivity index (χ4v) is 1.87. The number of benzene rings is 2. The van der Waals surface area contributed by atoms with Gasteiger partial charge in [-0.25, -0.2) is 4.39 Å². The van der Waals surface area contributed by atoms with Gasteiger partial charge in [0.25, 0.3) is 0 Å². The second-order valence-electron chi connectivity index (χ2n) is 4.16. The molecule has 0 saturated carbocycles. The Hall–Kier alpha value is -1.54. The number of aryl methyl sites for hydroxylation is 1. The minimum Gasteiger partial charge on any atom is -0.381 e. The Morgan fingerprint density at radius 2 is 1.94 bits per heavy atom. The van der Waals surface area contributed by atoms with Crippen molar-refractivity contribution in [2.24, 2.45) is 0 Å². The lowest BCUT2D eigenvalue weighted by Gasteiger charge is -2.08. The maximum Gasteiger partial charge on any atom is 0.142 e. The van der Waals surface area contributed by atoms with Gasteiger partial charge in [0, 0.05) is 12.2 Å². The van der Waals surface area contributed by atoms with Gasteiger partial charge in [0.2, 0.25) is 0 Å². The average molecular weight is 264 g/mol. The van der Waals surface area contributed by atoms with E-state index in [1.54, 1.807) is 6.07 Å². The zero-order chi connectivity index (χ0) is 13.0. The summed E-state index contributed by atoms with van der Waals surface area (Å²) in [5, 5.41) is 3.43. The van der Waals surface area contributed by atoms with Crippen LogP contribution in [-0.4, -0.2) is 0 Å². The van der Waals surface area contributed by atoms with Crippen LogP contribution in [0.2, 0.25) is 5.02 Å². The Balaban J connectivity index is 2.04. The molecule has 1 nitrogen and oxygen atoms in total. The van der Waals surface area contributed by atoms with E-state index >= 15 is 0 Å². The molecule has 0 aliphatic rings. The molecule has 1 N–H and O–H groups in total. The van der Waals surface area contributed by atoms with E-state index < -0.39 is 0 Å². The highest BCUT2D eigenvalue weighted by molar-refractivity contribution is 6.30. The molecule has 2 aromatic carbocycles. The molecule has 0 amide bonds. The van der Waals surface area contributed by atoms with Crippen molar-refractivity contribution in [3.05, 3.63) is 64.4 Å². The molecule has 3 heteroatoms. The van der Waals surface area contributed by atoms with Gasteiger partial charge in [-0.15, -0.1) is 0 Å². The quantitative estimate of drug-likeness (QED) is 0.846. The lowest BCUT2D eigenvalue weighted by molar-refractivity contribution is 0.626. The van der Waals surface area contributed by atoms with Gasteiger partial charge in [-0.1, -0.05) is 36.7 Å². The van der Waals surface area contributed by atoms with Gasteiger partial charge in [-0.2, -0.15) is 0 Å². The highest BCUT2D eigenvalue weighted by Gasteiger charge is 2.01. The van der Waals surface area contributed by atoms with Gasteiger partial charge < -0.3 is 5.32 Å². The second-order valence-corrected chi connectivity index (χ2v) is 4.56. The molecule has 0 radical (unpaired) electrons. The van der Waals surface area contributed by atoms with Crippen molar-refractivity contribution >= 4 is 17.3 Å². The van der Waals surface area contributed by atoms with Crippen molar-refractivity contribution in [2.45, 2.75) is 19.9 Å². The highest BCUT2D eigenvalue weighted by atomic mass is 35.5. The summed E-state index contributed by atoms with van der Waals surface area (Å²) in [7, 11) is 0. The molecule has 0 saturated heterocycles. The Morgan fingerprint density at radius 3 is 2.67 bits per heavy atom. The first-order valence-corrected chi connectivity index (χ1v) is 6.33. The molecule has 0 aromatic heterocycles. The SMILES string of the molecule is CCc1cccc(NCc2ccc(Cl)c(F)c2)c1. The van der Waals surface area contributed by atoms with E-state index in [4.69, 9.17) is 11.6 Å². The molecule has 2 rings (SSSR count). The maximum atomic E-state index is 13.3. The number of hydrogen-bond acceptors (Lipinski definition) is 1. The summed E-state index contributed by atoms with van der Waals surface area (Å²) in [6, 6.07) is 13.1. The summed E-state index contributed by atoms with van der Waals surface area (Å²) in [6.45, 7) is 2.70. The predicted octanol–water partition coefficient (Wildman–Crippen LogP) is 4.65. The number of halogens is 2. The highest BCUT2D eigenvalue weighted by Crippen LogP contribution is 2.17. The first kappa shape index (κ1) is 12.9. The van der Waals surface area contributed by atoms with Gasteiger partial charge in [-0.3, -0.25) is 0 Å². The minimum atomic E-state index is -0.377. The molecule has 0 heterocycles. The van der Waals surface area contributed by atoms with Gasteiger partial charge in [0.05, 0.1) is 5.02 Å². The van der Waals surface area contributed by atoms with Crippen LogP contribution in [0.1, 0.15) is 18.1 Å². The molecule has 0 fully saturated rings. The molecule has 0 bridgehead atoms. The molecule has 2 aromatic rings. The molecule has 0 aliphatic heterocycles. The molecule has 0 aliphatic carbocycles. The van der Waals surface area contributed by atoms with Gasteiger partial charge in [0.15, 0.2) is 0 Å². The second kappa shape index (κ2) is 5.87. The largest absolute Gasteiger partial charge is 0.381 e. The van der Waals surface area contributed by atoms with Crippen LogP contribution >= 0.6 is 11.6 Å². The summed E-state index contributed by atoms with van der Waals surface area (Å²) < 4.78 is 13.3. The van der Waals surface area contributed by atoms with Gasteiger partial charge in [-0.05, 0) is 41.8 Å². The third kappa shape index (κ3) is 3.23. The minimum absolute atomic E-state index is 0.159. The Morgan fingerprint density at radius 1 is 1.11 bits per heavy atom. The van der Waals surface area contributed by atoms with Crippen LogP contribution in [0.25, 0.3) is 0 Å². The zero-order valence-electron chi connectivity index (χ0n) is 10.2. The third-order valence-corrected chi connectivity index (χ3v) is 3.12. The number of hydrogen-bond donors (Lipinski definition) is 1. The fraction of sp³-hybridized carbons (Fsp3) is 0.200. The standard InChI is InChI=1S/C15H15ClFN/c1-2-11-4-3-5-13(8-11)18-10-12-6-7-14(16)15(17)9-12/h3-9,18H,2,10H2,1H3. The van der Waals surface area contributed by atoms with E-state index in [-0.39, 0.29) is 10.8 Å². The van der Waals surface area contributed by atoms with Crippen LogP contribution in [0.15, 0.2) is 42.5 Å². The summed E-state index contributed by atoms with van der Waals surface area (Å²) in [6.07, 6.45) is 1.01. The molecule has 18 heavy (non-hydrogen) atoms. The van der Waals surface area contributed by atoms with Crippen LogP contribution in [0, 0.1) is 5.82 Å². The molecular weight excluding hydrogens is 249 g/mol. The van der Waals surface area contributed by atoms with E-state index in [2.05, 4.69) is 24.4 Å². The van der Waals surface area contributed by atoms with Crippen molar-refractivity contribution in [1.82, 2.24) is 0 Å². The first-order valence-electron chi connectivity index (χ1n) is 5.96. The van der Waals surface area contributed by atoms with E-state index in [1.165, 1.54) is 11.6 Å². The van der Waals surface area contributed by atoms with Crippen molar-refractivity contribution in [3.63, 3.8) is 0 Å². The van der Waals surface area contributed by atoms with Gasteiger partial charge in [0.1, 0.15) is 5.82 Å². The molecule has 0 spiro atoms. The summed E-state index contributed by atoms with van der Waals surface area (Å²) in [5.41, 5.74) is 3.20. The lowest BCUT2D eigenvalue weighted by Crippen LogP contribution is -2.00. The van der Waals surface area contributed by atoms with E-state index in [1.807, 2.05) is 18.2 Å². The lowest BCUT2D eigenvalue weighted by atomic mass is 10.1. The molecule has 0 atom stereocenters. The summed E-state index contributed by atoms with van der Waals surface area (Å²) in [4.78, 5) is 0. The van der Waals surface area contributed by atoms with Crippen LogP contribution in [0.5, 0.6) is 0 Å². The fourth-order valence-electron chi connectivity index (χ4n) is 1.75. The van der Waals surface area contributed by atoms with Crippen LogP contribution in [0.4, 0.5) is 10.1 Å². The van der Waals surface area contributed by atoms with Crippen molar-refractivity contribution < 1.29 is 4.39 Å². The van der Waals surface area contributed by atoms with Crippen LogP contribution in [-0.2, 0) is 13.0 Å². The normalized spacial score (nSPS) is 10.4. The molecular formula is C15H15ClFN. The van der Waals surface area contributed by atoms with Crippen molar-refractivity contribution in [1.29, 1.82) is 0 Å². The first-order chi connectivity index (χ1) is 8.69. The van der Waals surface area contributed by atoms with Crippen LogP contribution < -0.4 is 5.32 Å². The number of anilines is 1. The Kier molecular flexibility index (Phi) is 4.21. The smallest absolute Gasteiger partial charge is 0.142 e. The van der Waals surface area contributed by atoms with E-state index in [9.17, 15) is 4.39 Å². The zero-order valence-corrected chi connectivity index (χ0v) is 11.0. The average Bonchev–Trinajstić information content (AvgIpc) is 2.40. The maximum absolute atomic E-state index is 13.3. The van der Waals surface area contributed by atoms with Crippen LogP contribution in [0.3, 0.4) is 0 Å². The topological polar surface area (TPSA) is 12.0 Å². The van der Waals surface area contributed by atoms with E-state index in [0.717, 1.165) is 17.7 Å². The third-order valence-electron chi connectivity index (χ3n) is 2.82. The number of nitrogens with one attached hydrogen (secondary N) is 1. The van der Waals surface area contributed by atoms with E-state index in [0.29, 0.717) is 6.54 Å². The number of rotatable bonds is 4. The molecule has 0 unspecified atom stereocenters. The predicted molar refractivity (Wildman–Crippen MR) is 74.6 cm³/mol. The summed E-state index contributed by atoms with van der Waals surface area (Å²) in [5.74, 6) is -0.377. The summed E-state index contributed by atoms with van der Waals surface area (Å²) >= 11 is 5.64. The van der Waals surface area contributed by atoms with Crippen molar-refractivity contribution in [3.8, 4) is 0 Å². The molecule has 94 valence electrons. The van der Waals surface area contributed by atoms with Crippen molar-refractivity contribution in [2.75, 3.05) is 5.32 Å².